The minimum atomic E-state index is -0.290. The van der Waals surface area contributed by atoms with E-state index in [9.17, 15) is 9.18 Å². The van der Waals surface area contributed by atoms with Crippen LogP contribution in [0, 0.1) is 17.1 Å². The molecule has 2 rings (SSSR count). The highest BCUT2D eigenvalue weighted by Gasteiger charge is 2.04. The van der Waals surface area contributed by atoms with Gasteiger partial charge in [0.25, 0.3) is 0 Å². The fourth-order valence-electron chi connectivity index (χ4n) is 1.67. The van der Waals surface area contributed by atoms with E-state index < -0.39 is 0 Å². The molecule has 0 bridgehead atoms. The molecule has 1 amide bonds. The minimum absolute atomic E-state index is 0.127. The maximum atomic E-state index is 12.8. The topological polar surface area (TPSA) is 52.9 Å². The molecule has 0 aromatic heterocycles. The van der Waals surface area contributed by atoms with Gasteiger partial charge in [-0.15, -0.1) is 11.8 Å². The number of rotatable bonds is 5. The van der Waals surface area contributed by atoms with E-state index in [2.05, 4.69) is 11.4 Å². The number of nitrogens with zero attached hydrogens (tertiary/aromatic N) is 1. The Labute approximate surface area is 126 Å². The summed E-state index contributed by atoms with van der Waals surface area (Å²) in [5.74, 6) is -0.162. The minimum Gasteiger partial charge on any atom is -0.325 e. The van der Waals surface area contributed by atoms with E-state index in [1.807, 2.05) is 12.1 Å². The van der Waals surface area contributed by atoms with E-state index in [4.69, 9.17) is 5.26 Å². The molecule has 21 heavy (non-hydrogen) atoms. The molecule has 0 fully saturated rings. The Balaban J connectivity index is 1.84. The number of nitriles is 1. The van der Waals surface area contributed by atoms with Crippen molar-refractivity contribution in [3.8, 4) is 6.07 Å². The molecule has 2 aromatic rings. The van der Waals surface area contributed by atoms with E-state index in [0.717, 1.165) is 10.5 Å². The maximum absolute atomic E-state index is 12.8. The van der Waals surface area contributed by atoms with Crippen LogP contribution in [0.25, 0.3) is 0 Å². The average molecular weight is 300 g/mol. The summed E-state index contributed by atoms with van der Waals surface area (Å²) in [4.78, 5) is 12.6. The molecule has 106 valence electrons. The van der Waals surface area contributed by atoms with Crippen LogP contribution in [0.15, 0.2) is 53.4 Å². The summed E-state index contributed by atoms with van der Waals surface area (Å²) in [6.07, 6.45) is 0.356. The van der Waals surface area contributed by atoms with Gasteiger partial charge in [0.1, 0.15) is 5.82 Å². The van der Waals surface area contributed by atoms with Gasteiger partial charge in [-0.2, -0.15) is 5.26 Å². The Kier molecular flexibility index (Phi) is 5.35. The first-order valence-corrected chi connectivity index (χ1v) is 7.30. The summed E-state index contributed by atoms with van der Waals surface area (Å²) in [5.41, 5.74) is 1.61. The molecule has 0 atom stereocenters. The van der Waals surface area contributed by atoms with Crippen molar-refractivity contribution in [2.75, 3.05) is 11.1 Å². The van der Waals surface area contributed by atoms with E-state index >= 15 is 0 Å². The highest BCUT2D eigenvalue weighted by Crippen LogP contribution is 2.18. The normalized spacial score (nSPS) is 9.90. The second-order valence-electron chi connectivity index (χ2n) is 4.32. The Morgan fingerprint density at radius 3 is 2.43 bits per heavy atom. The predicted octanol–water partition coefficient (Wildman–Crippen LogP) is 3.62. The number of benzene rings is 2. The summed E-state index contributed by atoms with van der Waals surface area (Å²) >= 11 is 1.35. The SMILES string of the molecule is N#CCc1ccc(NC(=O)CSc2ccc(F)cc2)cc1. The molecule has 0 aliphatic heterocycles. The van der Waals surface area contributed by atoms with Gasteiger partial charge in [-0.05, 0) is 42.0 Å². The molecule has 0 radical (unpaired) electrons. The predicted molar refractivity (Wildman–Crippen MR) is 81.5 cm³/mol. The van der Waals surface area contributed by atoms with Crippen LogP contribution in [-0.4, -0.2) is 11.7 Å². The first-order valence-electron chi connectivity index (χ1n) is 6.31. The van der Waals surface area contributed by atoms with E-state index in [1.54, 1.807) is 24.3 Å². The highest BCUT2D eigenvalue weighted by molar-refractivity contribution is 8.00. The lowest BCUT2D eigenvalue weighted by atomic mass is 10.1. The molecule has 5 heteroatoms. The monoisotopic (exact) mass is 300 g/mol. The van der Waals surface area contributed by atoms with Gasteiger partial charge in [-0.3, -0.25) is 4.79 Å². The van der Waals surface area contributed by atoms with E-state index in [1.165, 1.54) is 23.9 Å². The second-order valence-corrected chi connectivity index (χ2v) is 5.37. The Hall–Kier alpha value is -2.32. The fourth-order valence-corrected chi connectivity index (χ4v) is 2.37. The van der Waals surface area contributed by atoms with Crippen molar-refractivity contribution >= 4 is 23.4 Å². The smallest absolute Gasteiger partial charge is 0.234 e. The molecule has 2 aromatic carbocycles. The van der Waals surface area contributed by atoms with Gasteiger partial charge in [-0.1, -0.05) is 12.1 Å². The van der Waals surface area contributed by atoms with Crippen LogP contribution >= 0.6 is 11.8 Å². The molecule has 0 aliphatic carbocycles. The lowest BCUT2D eigenvalue weighted by Gasteiger charge is -2.06. The van der Waals surface area contributed by atoms with Gasteiger partial charge in [0.15, 0.2) is 0 Å². The van der Waals surface area contributed by atoms with Crippen LogP contribution < -0.4 is 5.32 Å². The zero-order valence-corrected chi connectivity index (χ0v) is 12.0. The molecule has 0 spiro atoms. The first-order chi connectivity index (χ1) is 10.2. The van der Waals surface area contributed by atoms with Crippen molar-refractivity contribution in [2.45, 2.75) is 11.3 Å². The number of amides is 1. The third-order valence-electron chi connectivity index (χ3n) is 2.70. The Morgan fingerprint density at radius 2 is 1.81 bits per heavy atom. The number of hydrogen-bond acceptors (Lipinski definition) is 3. The molecule has 3 nitrogen and oxygen atoms in total. The maximum Gasteiger partial charge on any atom is 0.234 e. The number of carbonyl (C=O) groups excluding carboxylic acids is 1. The Bertz CT molecular complexity index is 647. The average Bonchev–Trinajstić information content (AvgIpc) is 2.49. The van der Waals surface area contributed by atoms with Crippen molar-refractivity contribution in [1.29, 1.82) is 5.26 Å². The lowest BCUT2D eigenvalue weighted by Crippen LogP contribution is -2.13. The van der Waals surface area contributed by atoms with Crippen LogP contribution in [0.4, 0.5) is 10.1 Å². The van der Waals surface area contributed by atoms with E-state index in [0.29, 0.717) is 12.1 Å². The van der Waals surface area contributed by atoms with Gasteiger partial charge in [0, 0.05) is 10.6 Å². The molecule has 1 N–H and O–H groups in total. The number of nitrogens with one attached hydrogen (secondary N) is 1. The third-order valence-corrected chi connectivity index (χ3v) is 3.72. The van der Waals surface area contributed by atoms with Crippen molar-refractivity contribution in [1.82, 2.24) is 0 Å². The quantitative estimate of drug-likeness (QED) is 0.858. The standard InChI is InChI=1S/C16H13FN2OS/c17-13-3-7-15(8-4-13)21-11-16(20)19-14-5-1-12(2-6-14)9-10-18/h1-8H,9,11H2,(H,19,20). The number of hydrogen-bond donors (Lipinski definition) is 1. The number of halogens is 1. The summed E-state index contributed by atoms with van der Waals surface area (Å²) in [6, 6.07) is 15.3. The van der Waals surface area contributed by atoms with Crippen LogP contribution in [0.2, 0.25) is 0 Å². The second kappa shape index (κ2) is 7.46. The summed E-state index contributed by atoms with van der Waals surface area (Å²) in [7, 11) is 0. The first kappa shape index (κ1) is 15.1. The zero-order valence-electron chi connectivity index (χ0n) is 11.2. The van der Waals surface area contributed by atoms with Crippen molar-refractivity contribution < 1.29 is 9.18 Å². The fraction of sp³-hybridized carbons (Fsp3) is 0.125. The lowest BCUT2D eigenvalue weighted by molar-refractivity contribution is -0.113. The van der Waals surface area contributed by atoms with Gasteiger partial charge >= 0.3 is 0 Å². The largest absolute Gasteiger partial charge is 0.325 e. The van der Waals surface area contributed by atoms with Gasteiger partial charge in [0.05, 0.1) is 18.2 Å². The molecular formula is C16H13FN2OS. The number of carbonyl (C=O) groups is 1. The summed E-state index contributed by atoms with van der Waals surface area (Å²) in [5, 5.41) is 11.4. The van der Waals surface area contributed by atoms with Crippen LogP contribution in [0.1, 0.15) is 5.56 Å². The summed E-state index contributed by atoms with van der Waals surface area (Å²) < 4.78 is 12.8. The third kappa shape index (κ3) is 4.93. The van der Waals surface area contributed by atoms with Gasteiger partial charge < -0.3 is 5.32 Å². The van der Waals surface area contributed by atoms with Crippen molar-refractivity contribution in [3.63, 3.8) is 0 Å². The van der Waals surface area contributed by atoms with Gasteiger partial charge in [0.2, 0.25) is 5.91 Å². The molecule has 0 aliphatic rings. The Morgan fingerprint density at radius 1 is 1.14 bits per heavy atom. The van der Waals surface area contributed by atoms with Crippen molar-refractivity contribution in [2.24, 2.45) is 0 Å². The van der Waals surface area contributed by atoms with Crippen LogP contribution in [0.3, 0.4) is 0 Å². The molecule has 0 heterocycles. The zero-order chi connectivity index (χ0) is 15.1. The number of thioether (sulfide) groups is 1. The molecule has 0 saturated carbocycles. The molecule has 0 unspecified atom stereocenters. The highest BCUT2D eigenvalue weighted by atomic mass is 32.2. The van der Waals surface area contributed by atoms with Crippen LogP contribution in [-0.2, 0) is 11.2 Å². The van der Waals surface area contributed by atoms with Crippen molar-refractivity contribution in [3.05, 3.63) is 59.9 Å². The van der Waals surface area contributed by atoms with Gasteiger partial charge in [-0.25, -0.2) is 4.39 Å². The number of anilines is 1. The molecular weight excluding hydrogens is 287 g/mol. The van der Waals surface area contributed by atoms with Crippen LogP contribution in [0.5, 0.6) is 0 Å². The van der Waals surface area contributed by atoms with E-state index in [-0.39, 0.29) is 17.5 Å². The summed E-state index contributed by atoms with van der Waals surface area (Å²) in [6.45, 7) is 0. The molecule has 0 saturated heterocycles.